The van der Waals surface area contributed by atoms with E-state index in [1.165, 1.54) is 12.8 Å². The number of nitrogens with zero attached hydrogens (tertiary/aromatic N) is 2. The van der Waals surface area contributed by atoms with Crippen molar-refractivity contribution in [1.29, 1.82) is 0 Å². The van der Waals surface area contributed by atoms with E-state index in [0.717, 1.165) is 48.2 Å². The van der Waals surface area contributed by atoms with Gasteiger partial charge in [-0.05, 0) is 43.9 Å². The number of hydrogen-bond acceptors (Lipinski definition) is 4. The zero-order valence-corrected chi connectivity index (χ0v) is 12.8. The van der Waals surface area contributed by atoms with Gasteiger partial charge in [-0.3, -0.25) is 4.90 Å². The van der Waals surface area contributed by atoms with E-state index in [2.05, 4.69) is 21.8 Å². The third-order valence-corrected chi connectivity index (χ3v) is 4.37. The second-order valence-corrected chi connectivity index (χ2v) is 6.00. The number of methoxy groups -OCH3 is 1. The number of hydrogen-bond donors (Lipinski definition) is 2. The standard InChI is InChI=1S/C16H24N4O/c1-11(12-3-4-12)20(7-8-21-2)10-16-18-14-6-5-13(17)9-15(14)19-16/h5-6,9,11-12H,3-4,7-8,10,17H2,1-2H3,(H,18,19). The topological polar surface area (TPSA) is 67.2 Å². The number of ether oxygens (including phenoxy) is 1. The van der Waals surface area contributed by atoms with E-state index in [4.69, 9.17) is 10.5 Å². The average molecular weight is 288 g/mol. The predicted octanol–water partition coefficient (Wildman–Crippen LogP) is 2.39. The Kier molecular flexibility index (Phi) is 4.12. The second kappa shape index (κ2) is 6.03. The fourth-order valence-corrected chi connectivity index (χ4v) is 2.86. The number of nitrogens with two attached hydrogens (primary N) is 1. The maximum Gasteiger partial charge on any atom is 0.121 e. The Balaban J connectivity index is 1.75. The molecule has 1 saturated carbocycles. The van der Waals surface area contributed by atoms with Gasteiger partial charge in [0.1, 0.15) is 5.82 Å². The minimum absolute atomic E-state index is 0.582. The molecule has 0 amide bonds. The molecule has 0 spiro atoms. The van der Waals surface area contributed by atoms with Crippen molar-refractivity contribution < 1.29 is 4.74 Å². The molecule has 3 rings (SSSR count). The van der Waals surface area contributed by atoms with Gasteiger partial charge in [0.15, 0.2) is 0 Å². The first kappa shape index (κ1) is 14.4. The molecule has 2 aromatic rings. The van der Waals surface area contributed by atoms with Crippen LogP contribution in [0.3, 0.4) is 0 Å². The van der Waals surface area contributed by atoms with Crippen molar-refractivity contribution in [1.82, 2.24) is 14.9 Å². The Morgan fingerprint density at radius 2 is 2.29 bits per heavy atom. The molecular formula is C16H24N4O. The molecule has 0 aliphatic heterocycles. The van der Waals surface area contributed by atoms with E-state index < -0.39 is 0 Å². The van der Waals surface area contributed by atoms with Crippen LogP contribution in [-0.2, 0) is 11.3 Å². The van der Waals surface area contributed by atoms with Crippen LogP contribution in [0.4, 0.5) is 5.69 Å². The van der Waals surface area contributed by atoms with Crippen molar-refractivity contribution in [2.45, 2.75) is 32.4 Å². The van der Waals surface area contributed by atoms with Gasteiger partial charge in [0.2, 0.25) is 0 Å². The molecule has 1 atom stereocenters. The van der Waals surface area contributed by atoms with E-state index in [1.807, 2.05) is 18.2 Å². The van der Waals surface area contributed by atoms with Gasteiger partial charge in [0, 0.05) is 25.4 Å². The van der Waals surface area contributed by atoms with Gasteiger partial charge < -0.3 is 15.5 Å². The molecule has 1 fully saturated rings. The molecule has 114 valence electrons. The van der Waals surface area contributed by atoms with Crippen molar-refractivity contribution in [2.24, 2.45) is 5.92 Å². The third kappa shape index (κ3) is 3.36. The molecule has 5 nitrogen and oxygen atoms in total. The first-order valence-electron chi connectivity index (χ1n) is 7.64. The Labute approximate surface area is 125 Å². The van der Waals surface area contributed by atoms with Crippen molar-refractivity contribution in [3.63, 3.8) is 0 Å². The normalized spacial score (nSPS) is 16.7. The summed E-state index contributed by atoms with van der Waals surface area (Å²) in [5.74, 6) is 1.83. The van der Waals surface area contributed by atoms with E-state index in [9.17, 15) is 0 Å². The Morgan fingerprint density at radius 3 is 3.00 bits per heavy atom. The number of aromatic nitrogens is 2. The molecule has 1 unspecified atom stereocenters. The van der Waals surface area contributed by atoms with Gasteiger partial charge >= 0.3 is 0 Å². The van der Waals surface area contributed by atoms with E-state index in [0.29, 0.717) is 6.04 Å². The van der Waals surface area contributed by atoms with Crippen molar-refractivity contribution in [3.05, 3.63) is 24.0 Å². The molecule has 0 bridgehead atoms. The lowest BCUT2D eigenvalue weighted by molar-refractivity contribution is 0.110. The molecule has 21 heavy (non-hydrogen) atoms. The van der Waals surface area contributed by atoms with Crippen molar-refractivity contribution in [3.8, 4) is 0 Å². The lowest BCUT2D eigenvalue weighted by Gasteiger charge is -2.28. The number of H-pyrrole nitrogens is 1. The van der Waals surface area contributed by atoms with Gasteiger partial charge in [0.25, 0.3) is 0 Å². The van der Waals surface area contributed by atoms with E-state index >= 15 is 0 Å². The molecule has 0 saturated heterocycles. The number of rotatable bonds is 7. The molecule has 5 heteroatoms. The highest BCUT2D eigenvalue weighted by atomic mass is 16.5. The highest BCUT2D eigenvalue weighted by molar-refractivity contribution is 5.78. The smallest absolute Gasteiger partial charge is 0.121 e. The van der Waals surface area contributed by atoms with Gasteiger partial charge in [-0.25, -0.2) is 4.98 Å². The van der Waals surface area contributed by atoms with Crippen LogP contribution in [0.25, 0.3) is 11.0 Å². The maximum absolute atomic E-state index is 5.82. The third-order valence-electron chi connectivity index (χ3n) is 4.37. The minimum Gasteiger partial charge on any atom is -0.399 e. The molecule has 1 heterocycles. The summed E-state index contributed by atoms with van der Waals surface area (Å²) in [7, 11) is 1.75. The zero-order valence-electron chi connectivity index (χ0n) is 12.8. The number of nitrogen functional groups attached to an aromatic ring is 1. The van der Waals surface area contributed by atoms with Gasteiger partial charge in [-0.2, -0.15) is 0 Å². The number of nitrogens with one attached hydrogen (secondary N) is 1. The summed E-state index contributed by atoms with van der Waals surface area (Å²) in [5, 5.41) is 0. The van der Waals surface area contributed by atoms with Crippen LogP contribution in [0.2, 0.25) is 0 Å². The Hall–Kier alpha value is -1.59. The Morgan fingerprint density at radius 1 is 1.48 bits per heavy atom. The summed E-state index contributed by atoms with van der Waals surface area (Å²) in [6.07, 6.45) is 2.70. The average Bonchev–Trinajstić information content (AvgIpc) is 3.23. The SMILES string of the molecule is COCCN(Cc1nc2ccc(N)cc2[nH]1)C(C)C1CC1. The number of imidazole rings is 1. The first-order valence-corrected chi connectivity index (χ1v) is 7.64. The fourth-order valence-electron chi connectivity index (χ4n) is 2.86. The Bertz CT molecular complexity index is 605. The summed E-state index contributed by atoms with van der Waals surface area (Å²) in [6.45, 7) is 4.83. The van der Waals surface area contributed by atoms with Crippen LogP contribution in [0, 0.1) is 5.92 Å². The second-order valence-electron chi connectivity index (χ2n) is 6.00. The van der Waals surface area contributed by atoms with Crippen LogP contribution >= 0.6 is 0 Å². The lowest BCUT2D eigenvalue weighted by Crippen LogP contribution is -2.37. The first-order chi connectivity index (χ1) is 10.2. The number of benzene rings is 1. The van der Waals surface area contributed by atoms with E-state index in [-0.39, 0.29) is 0 Å². The highest BCUT2D eigenvalue weighted by Crippen LogP contribution is 2.35. The molecule has 1 aliphatic rings. The predicted molar refractivity (Wildman–Crippen MR) is 85.0 cm³/mol. The molecule has 1 aliphatic carbocycles. The van der Waals surface area contributed by atoms with Crippen LogP contribution in [0.15, 0.2) is 18.2 Å². The minimum atomic E-state index is 0.582. The number of anilines is 1. The van der Waals surface area contributed by atoms with Crippen LogP contribution in [-0.4, -0.2) is 41.2 Å². The zero-order chi connectivity index (χ0) is 14.8. The number of fused-ring (bicyclic) bond motifs is 1. The summed E-state index contributed by atoms with van der Waals surface area (Å²) in [6, 6.07) is 6.38. The highest BCUT2D eigenvalue weighted by Gasteiger charge is 2.32. The van der Waals surface area contributed by atoms with E-state index in [1.54, 1.807) is 7.11 Å². The largest absolute Gasteiger partial charge is 0.399 e. The van der Waals surface area contributed by atoms with Crippen LogP contribution < -0.4 is 5.73 Å². The summed E-state index contributed by atoms with van der Waals surface area (Å²) < 4.78 is 5.25. The molecule has 1 aromatic heterocycles. The van der Waals surface area contributed by atoms with Gasteiger partial charge in [0.05, 0.1) is 24.2 Å². The van der Waals surface area contributed by atoms with Gasteiger partial charge in [-0.15, -0.1) is 0 Å². The molecular weight excluding hydrogens is 264 g/mol. The monoisotopic (exact) mass is 288 g/mol. The van der Waals surface area contributed by atoms with Crippen LogP contribution in [0.5, 0.6) is 0 Å². The van der Waals surface area contributed by atoms with Gasteiger partial charge in [-0.1, -0.05) is 0 Å². The maximum atomic E-state index is 5.82. The molecule has 1 aromatic carbocycles. The van der Waals surface area contributed by atoms with Crippen molar-refractivity contribution in [2.75, 3.05) is 26.0 Å². The fraction of sp³-hybridized carbons (Fsp3) is 0.562. The quantitative estimate of drug-likeness (QED) is 0.768. The summed E-state index contributed by atoms with van der Waals surface area (Å²) >= 11 is 0. The van der Waals surface area contributed by atoms with Crippen LogP contribution in [0.1, 0.15) is 25.6 Å². The van der Waals surface area contributed by atoms with Crippen molar-refractivity contribution >= 4 is 16.7 Å². The lowest BCUT2D eigenvalue weighted by atomic mass is 10.2. The molecule has 0 radical (unpaired) electrons. The number of aromatic amines is 1. The molecule has 3 N–H and O–H groups in total. The summed E-state index contributed by atoms with van der Waals surface area (Å²) in [5.41, 5.74) is 8.57. The summed E-state index contributed by atoms with van der Waals surface area (Å²) in [4.78, 5) is 10.5.